The third-order valence-electron chi connectivity index (χ3n) is 2.41. The van der Waals surface area contributed by atoms with Gasteiger partial charge in [-0.2, -0.15) is 11.8 Å². The number of aromatic nitrogens is 1. The molecule has 4 nitrogen and oxygen atoms in total. The average molecular weight is 241 g/mol. The van der Waals surface area contributed by atoms with Crippen molar-refractivity contribution < 1.29 is 0 Å². The molecule has 0 aromatic carbocycles. The molecule has 2 N–H and O–H groups in total. The van der Waals surface area contributed by atoms with Crippen LogP contribution in [0.4, 0.5) is 5.69 Å². The molecule has 0 radical (unpaired) electrons. The van der Waals surface area contributed by atoms with Crippen LogP contribution in [0.1, 0.15) is 0 Å². The fourth-order valence-corrected chi connectivity index (χ4v) is 1.86. The second-order valence-electron chi connectivity index (χ2n) is 3.79. The smallest absolute Gasteiger partial charge is 0.250 e. The van der Waals surface area contributed by atoms with Gasteiger partial charge < -0.3 is 15.2 Å². The summed E-state index contributed by atoms with van der Waals surface area (Å²) < 4.78 is 1.66. The lowest BCUT2D eigenvalue weighted by atomic mass is 10.4. The van der Waals surface area contributed by atoms with Gasteiger partial charge in [-0.15, -0.1) is 0 Å². The van der Waals surface area contributed by atoms with Gasteiger partial charge in [-0.05, 0) is 19.4 Å². The van der Waals surface area contributed by atoms with Crippen molar-refractivity contribution in [1.82, 2.24) is 9.47 Å². The molecule has 90 valence electrons. The largest absolute Gasteiger partial charge is 0.398 e. The summed E-state index contributed by atoms with van der Waals surface area (Å²) in [5, 5.41) is 0. The molecule has 1 aromatic heterocycles. The van der Waals surface area contributed by atoms with E-state index in [1.165, 1.54) is 6.07 Å². The molecule has 0 bridgehead atoms. The van der Waals surface area contributed by atoms with Crippen LogP contribution in [-0.4, -0.2) is 41.6 Å². The molecule has 0 unspecified atom stereocenters. The van der Waals surface area contributed by atoms with Crippen molar-refractivity contribution in [2.45, 2.75) is 6.54 Å². The van der Waals surface area contributed by atoms with E-state index < -0.39 is 0 Å². The van der Waals surface area contributed by atoms with E-state index in [1.807, 2.05) is 11.8 Å². The Labute approximate surface area is 100 Å². The van der Waals surface area contributed by atoms with Crippen LogP contribution in [0.25, 0.3) is 0 Å². The maximum Gasteiger partial charge on any atom is 0.250 e. The minimum atomic E-state index is 0.00691. The Morgan fingerprint density at radius 3 is 2.88 bits per heavy atom. The highest BCUT2D eigenvalue weighted by atomic mass is 32.2. The van der Waals surface area contributed by atoms with Gasteiger partial charge in [0, 0.05) is 43.3 Å². The standard InChI is InChI=1S/C11H19N3OS/c1-13(7-8-16-2)5-6-14-9-10(12)3-4-11(14)15/h3-4,9H,5-8,12H2,1-2H3. The fourth-order valence-electron chi connectivity index (χ4n) is 1.36. The highest BCUT2D eigenvalue weighted by Gasteiger charge is 2.00. The molecule has 5 heteroatoms. The van der Waals surface area contributed by atoms with Crippen LogP contribution < -0.4 is 11.3 Å². The molecular formula is C11H19N3OS. The Morgan fingerprint density at radius 2 is 2.19 bits per heavy atom. The van der Waals surface area contributed by atoms with Gasteiger partial charge in [0.25, 0.3) is 5.56 Å². The van der Waals surface area contributed by atoms with Crippen molar-refractivity contribution in [2.75, 3.05) is 37.9 Å². The molecule has 0 saturated heterocycles. The number of anilines is 1. The van der Waals surface area contributed by atoms with Gasteiger partial charge in [-0.3, -0.25) is 4.79 Å². The van der Waals surface area contributed by atoms with E-state index in [4.69, 9.17) is 5.73 Å². The summed E-state index contributed by atoms with van der Waals surface area (Å²) in [6.45, 7) is 2.59. The number of hydrogen-bond acceptors (Lipinski definition) is 4. The van der Waals surface area contributed by atoms with Gasteiger partial charge in [0.2, 0.25) is 0 Å². The first-order valence-electron chi connectivity index (χ1n) is 5.27. The lowest BCUT2D eigenvalue weighted by Crippen LogP contribution is -2.29. The number of nitrogen functional groups attached to an aromatic ring is 1. The molecule has 1 heterocycles. The molecule has 0 spiro atoms. The first kappa shape index (κ1) is 13.1. The predicted octanol–water partition coefficient (Wildman–Crippen LogP) is 0.725. The first-order chi connectivity index (χ1) is 7.63. The third kappa shape index (κ3) is 4.28. The highest BCUT2D eigenvalue weighted by molar-refractivity contribution is 7.98. The van der Waals surface area contributed by atoms with Gasteiger partial charge in [0.1, 0.15) is 0 Å². The van der Waals surface area contributed by atoms with Crippen molar-refractivity contribution in [3.63, 3.8) is 0 Å². The maximum atomic E-state index is 11.5. The van der Waals surface area contributed by atoms with E-state index in [0.29, 0.717) is 12.2 Å². The van der Waals surface area contributed by atoms with Crippen molar-refractivity contribution in [2.24, 2.45) is 0 Å². The van der Waals surface area contributed by atoms with Crippen molar-refractivity contribution in [3.8, 4) is 0 Å². The molecule has 1 rings (SSSR count). The van der Waals surface area contributed by atoms with Gasteiger partial charge in [0.05, 0.1) is 0 Å². The van der Waals surface area contributed by atoms with Gasteiger partial charge in [-0.1, -0.05) is 0 Å². The van der Waals surface area contributed by atoms with E-state index in [1.54, 1.807) is 16.8 Å². The molecular weight excluding hydrogens is 222 g/mol. The zero-order valence-electron chi connectivity index (χ0n) is 9.85. The summed E-state index contributed by atoms with van der Waals surface area (Å²) in [6.07, 6.45) is 3.79. The lowest BCUT2D eigenvalue weighted by molar-refractivity contribution is 0.336. The van der Waals surface area contributed by atoms with Crippen LogP contribution in [0.15, 0.2) is 23.1 Å². The van der Waals surface area contributed by atoms with E-state index in [0.717, 1.165) is 18.8 Å². The van der Waals surface area contributed by atoms with Crippen LogP contribution in [0.5, 0.6) is 0 Å². The number of hydrogen-bond donors (Lipinski definition) is 1. The summed E-state index contributed by atoms with van der Waals surface area (Å²) in [5.41, 5.74) is 6.28. The monoisotopic (exact) mass is 241 g/mol. The predicted molar refractivity (Wildman–Crippen MR) is 71.0 cm³/mol. The van der Waals surface area contributed by atoms with E-state index in [-0.39, 0.29) is 5.56 Å². The number of nitrogens with two attached hydrogens (primary N) is 1. The lowest BCUT2D eigenvalue weighted by Gasteiger charge is -2.16. The summed E-state index contributed by atoms with van der Waals surface area (Å²) in [5.74, 6) is 1.11. The molecule has 0 aliphatic rings. The summed E-state index contributed by atoms with van der Waals surface area (Å²) in [7, 11) is 2.06. The summed E-state index contributed by atoms with van der Waals surface area (Å²) in [4.78, 5) is 13.7. The highest BCUT2D eigenvalue weighted by Crippen LogP contribution is 1.97. The quantitative estimate of drug-likeness (QED) is 0.797. The molecule has 16 heavy (non-hydrogen) atoms. The van der Waals surface area contributed by atoms with Crippen molar-refractivity contribution >= 4 is 17.4 Å². The van der Waals surface area contributed by atoms with Crippen LogP contribution >= 0.6 is 11.8 Å². The normalized spacial score (nSPS) is 10.9. The Hall–Kier alpha value is -0.940. The number of nitrogens with zero attached hydrogens (tertiary/aromatic N) is 2. The number of pyridine rings is 1. The fraction of sp³-hybridized carbons (Fsp3) is 0.545. The zero-order valence-corrected chi connectivity index (χ0v) is 10.7. The number of thioether (sulfide) groups is 1. The second kappa shape index (κ2) is 6.60. The average Bonchev–Trinajstić information content (AvgIpc) is 2.27. The topological polar surface area (TPSA) is 51.3 Å². The minimum Gasteiger partial charge on any atom is -0.398 e. The molecule has 0 saturated carbocycles. The molecule has 0 amide bonds. The maximum absolute atomic E-state index is 11.5. The van der Waals surface area contributed by atoms with Gasteiger partial charge in [0.15, 0.2) is 0 Å². The Balaban J connectivity index is 2.48. The molecule has 1 aromatic rings. The van der Waals surface area contributed by atoms with Crippen molar-refractivity contribution in [1.29, 1.82) is 0 Å². The first-order valence-corrected chi connectivity index (χ1v) is 6.66. The molecule has 0 aliphatic heterocycles. The number of likely N-dealkylation sites (N-methyl/N-ethyl adjacent to an activating group) is 1. The summed E-state index contributed by atoms with van der Waals surface area (Å²) >= 11 is 1.83. The van der Waals surface area contributed by atoms with Crippen LogP contribution in [0, 0.1) is 0 Å². The number of rotatable bonds is 6. The minimum absolute atomic E-state index is 0.00691. The summed E-state index contributed by atoms with van der Waals surface area (Å²) in [6, 6.07) is 3.15. The molecule has 0 atom stereocenters. The van der Waals surface area contributed by atoms with E-state index in [2.05, 4.69) is 18.2 Å². The Bertz CT molecular complexity index is 378. The van der Waals surface area contributed by atoms with Gasteiger partial charge in [-0.25, -0.2) is 0 Å². The Morgan fingerprint density at radius 1 is 1.44 bits per heavy atom. The van der Waals surface area contributed by atoms with E-state index >= 15 is 0 Å². The van der Waals surface area contributed by atoms with Crippen molar-refractivity contribution in [3.05, 3.63) is 28.7 Å². The SMILES string of the molecule is CSCCN(C)CCn1cc(N)ccc1=O. The molecule has 0 aliphatic carbocycles. The van der Waals surface area contributed by atoms with Crippen LogP contribution in [0.3, 0.4) is 0 Å². The van der Waals surface area contributed by atoms with Crippen LogP contribution in [0.2, 0.25) is 0 Å². The Kier molecular flexibility index (Phi) is 5.42. The second-order valence-corrected chi connectivity index (χ2v) is 4.78. The zero-order chi connectivity index (χ0) is 12.0. The van der Waals surface area contributed by atoms with E-state index in [9.17, 15) is 4.79 Å². The molecule has 0 fully saturated rings. The third-order valence-corrected chi connectivity index (χ3v) is 3.00. The van der Waals surface area contributed by atoms with Crippen LogP contribution in [-0.2, 0) is 6.54 Å². The van der Waals surface area contributed by atoms with Gasteiger partial charge >= 0.3 is 0 Å².